The Morgan fingerprint density at radius 3 is 2.48 bits per heavy atom. The Morgan fingerprint density at radius 2 is 1.87 bits per heavy atom. The molecule has 0 aliphatic rings. The second-order valence-electron chi connectivity index (χ2n) is 5.83. The normalized spacial score (nSPS) is 11.2. The minimum Gasteiger partial charge on any atom is -0.478 e. The molecule has 0 aliphatic heterocycles. The molecule has 5 heteroatoms. The summed E-state index contributed by atoms with van der Waals surface area (Å²) in [6, 6.07) is 11.6. The van der Waals surface area contributed by atoms with Gasteiger partial charge in [-0.3, -0.25) is 4.79 Å². The van der Waals surface area contributed by atoms with Gasteiger partial charge in [-0.25, -0.2) is 4.39 Å². The summed E-state index contributed by atoms with van der Waals surface area (Å²) in [4.78, 5) is 12.3. The van der Waals surface area contributed by atoms with Crippen LogP contribution in [-0.2, 0) is 11.3 Å². The first-order chi connectivity index (χ1) is 10.8. The van der Waals surface area contributed by atoms with Gasteiger partial charge in [0, 0.05) is 11.6 Å². The molecule has 1 N–H and O–H groups in total. The van der Waals surface area contributed by atoms with Crippen LogP contribution in [0, 0.1) is 12.7 Å². The molecule has 0 unspecified atom stereocenters. The van der Waals surface area contributed by atoms with E-state index in [0.717, 1.165) is 5.56 Å². The molecule has 0 fully saturated rings. The molecule has 0 heterocycles. The molecule has 0 saturated carbocycles. The van der Waals surface area contributed by atoms with Crippen molar-refractivity contribution in [3.05, 3.63) is 64.4 Å². The van der Waals surface area contributed by atoms with E-state index >= 15 is 0 Å². The van der Waals surface area contributed by atoms with E-state index in [0.29, 0.717) is 22.9 Å². The molecule has 0 radical (unpaired) electrons. The van der Waals surface area contributed by atoms with E-state index in [1.54, 1.807) is 57.2 Å². The highest BCUT2D eigenvalue weighted by Gasteiger charge is 2.29. The summed E-state index contributed by atoms with van der Waals surface area (Å²) in [6.07, 6.45) is 0. The summed E-state index contributed by atoms with van der Waals surface area (Å²) < 4.78 is 19.0. The quantitative estimate of drug-likeness (QED) is 0.886. The topological polar surface area (TPSA) is 38.3 Å². The maximum atomic E-state index is 13.2. The molecule has 0 saturated heterocycles. The predicted octanol–water partition coefficient (Wildman–Crippen LogP) is 4.26. The number of nitrogens with one attached hydrogen (secondary N) is 1. The summed E-state index contributed by atoms with van der Waals surface area (Å²) in [7, 11) is 0. The highest BCUT2D eigenvalue weighted by molar-refractivity contribution is 6.30. The third kappa shape index (κ3) is 4.70. The van der Waals surface area contributed by atoms with E-state index in [-0.39, 0.29) is 11.7 Å². The molecular formula is C18H19ClFNO2. The fraction of sp³-hybridized carbons (Fsp3) is 0.278. The Morgan fingerprint density at radius 1 is 1.22 bits per heavy atom. The number of ether oxygens (including phenoxy) is 1. The van der Waals surface area contributed by atoms with Crippen molar-refractivity contribution in [2.75, 3.05) is 0 Å². The van der Waals surface area contributed by atoms with Crippen molar-refractivity contribution in [3.8, 4) is 5.75 Å². The van der Waals surface area contributed by atoms with E-state index in [2.05, 4.69) is 5.32 Å². The molecule has 0 spiro atoms. The van der Waals surface area contributed by atoms with Gasteiger partial charge in [-0.1, -0.05) is 23.7 Å². The maximum Gasteiger partial charge on any atom is 0.263 e. The van der Waals surface area contributed by atoms with E-state index in [4.69, 9.17) is 16.3 Å². The van der Waals surface area contributed by atoms with Crippen LogP contribution in [-0.4, -0.2) is 11.5 Å². The number of carbonyl (C=O) groups is 1. The van der Waals surface area contributed by atoms with Crippen LogP contribution in [0.25, 0.3) is 0 Å². The minimum atomic E-state index is -1.04. The van der Waals surface area contributed by atoms with Crippen molar-refractivity contribution in [1.29, 1.82) is 0 Å². The van der Waals surface area contributed by atoms with Crippen LogP contribution in [0.15, 0.2) is 42.5 Å². The molecule has 2 rings (SSSR count). The molecule has 0 atom stereocenters. The largest absolute Gasteiger partial charge is 0.478 e. The standard InChI is InChI=1S/C18H19ClFNO2/c1-12-10-13(4-9-16(12)20)11-21-17(22)18(2,3)23-15-7-5-14(19)6-8-15/h4-10H,11H2,1-3H3,(H,21,22). The van der Waals surface area contributed by atoms with Gasteiger partial charge in [0.2, 0.25) is 0 Å². The zero-order chi connectivity index (χ0) is 17.0. The smallest absolute Gasteiger partial charge is 0.263 e. The van der Waals surface area contributed by atoms with Gasteiger partial charge in [0.1, 0.15) is 11.6 Å². The van der Waals surface area contributed by atoms with Crippen LogP contribution in [0.3, 0.4) is 0 Å². The van der Waals surface area contributed by atoms with E-state index < -0.39 is 5.60 Å². The first-order valence-corrected chi connectivity index (χ1v) is 7.63. The van der Waals surface area contributed by atoms with Gasteiger partial charge in [-0.05, 0) is 62.2 Å². The Bertz CT molecular complexity index is 699. The molecule has 2 aromatic rings. The van der Waals surface area contributed by atoms with Gasteiger partial charge in [0.25, 0.3) is 5.91 Å². The zero-order valence-electron chi connectivity index (χ0n) is 13.3. The number of carbonyl (C=O) groups excluding carboxylic acids is 1. The SMILES string of the molecule is Cc1cc(CNC(=O)C(C)(C)Oc2ccc(Cl)cc2)ccc1F. The lowest BCUT2D eigenvalue weighted by Gasteiger charge is -2.25. The monoisotopic (exact) mass is 335 g/mol. The molecule has 0 bridgehead atoms. The Kier molecular flexibility index (Phi) is 5.26. The van der Waals surface area contributed by atoms with E-state index in [1.165, 1.54) is 6.07 Å². The number of amides is 1. The number of halogens is 2. The molecule has 122 valence electrons. The molecule has 23 heavy (non-hydrogen) atoms. The number of aryl methyl sites for hydroxylation is 1. The highest BCUT2D eigenvalue weighted by atomic mass is 35.5. The lowest BCUT2D eigenvalue weighted by Crippen LogP contribution is -2.46. The summed E-state index contributed by atoms with van der Waals surface area (Å²) >= 11 is 5.83. The highest BCUT2D eigenvalue weighted by Crippen LogP contribution is 2.21. The zero-order valence-corrected chi connectivity index (χ0v) is 14.1. The summed E-state index contributed by atoms with van der Waals surface area (Å²) in [6.45, 7) is 5.38. The van der Waals surface area contributed by atoms with Gasteiger partial charge in [0.05, 0.1) is 0 Å². The van der Waals surface area contributed by atoms with Crippen molar-refractivity contribution in [1.82, 2.24) is 5.32 Å². The first-order valence-electron chi connectivity index (χ1n) is 7.26. The molecule has 0 aromatic heterocycles. The Hall–Kier alpha value is -2.07. The third-order valence-electron chi connectivity index (χ3n) is 3.41. The van der Waals surface area contributed by atoms with Gasteiger partial charge in [0.15, 0.2) is 5.60 Å². The fourth-order valence-electron chi connectivity index (χ4n) is 2.06. The first kappa shape index (κ1) is 17.3. The predicted molar refractivity (Wildman–Crippen MR) is 89.1 cm³/mol. The Labute approximate surface area is 140 Å². The van der Waals surface area contributed by atoms with Crippen LogP contribution in [0.1, 0.15) is 25.0 Å². The van der Waals surface area contributed by atoms with Crippen molar-refractivity contribution in [3.63, 3.8) is 0 Å². The lowest BCUT2D eigenvalue weighted by molar-refractivity contribution is -0.134. The second kappa shape index (κ2) is 7.01. The third-order valence-corrected chi connectivity index (χ3v) is 3.66. The maximum absolute atomic E-state index is 13.2. The summed E-state index contributed by atoms with van der Waals surface area (Å²) in [5.41, 5.74) is 0.344. The van der Waals surface area contributed by atoms with E-state index in [9.17, 15) is 9.18 Å². The molecule has 0 aliphatic carbocycles. The molecular weight excluding hydrogens is 317 g/mol. The van der Waals surface area contributed by atoms with Crippen molar-refractivity contribution in [2.24, 2.45) is 0 Å². The molecule has 1 amide bonds. The average Bonchev–Trinajstić information content (AvgIpc) is 2.50. The van der Waals surface area contributed by atoms with Gasteiger partial charge < -0.3 is 10.1 Å². The van der Waals surface area contributed by atoms with Gasteiger partial charge in [-0.15, -0.1) is 0 Å². The minimum absolute atomic E-state index is 0.255. The second-order valence-corrected chi connectivity index (χ2v) is 6.27. The molecule has 3 nitrogen and oxygen atoms in total. The summed E-state index contributed by atoms with van der Waals surface area (Å²) in [5, 5.41) is 3.41. The number of rotatable bonds is 5. The van der Waals surface area contributed by atoms with Gasteiger partial charge in [-0.2, -0.15) is 0 Å². The fourth-order valence-corrected chi connectivity index (χ4v) is 2.18. The number of hydrogen-bond acceptors (Lipinski definition) is 2. The van der Waals surface area contributed by atoms with Crippen molar-refractivity contribution in [2.45, 2.75) is 32.9 Å². The van der Waals surface area contributed by atoms with Crippen LogP contribution in [0.2, 0.25) is 5.02 Å². The lowest BCUT2D eigenvalue weighted by atomic mass is 10.1. The molecule has 2 aromatic carbocycles. The van der Waals surface area contributed by atoms with Crippen LogP contribution < -0.4 is 10.1 Å². The van der Waals surface area contributed by atoms with Crippen LogP contribution in [0.5, 0.6) is 5.75 Å². The number of hydrogen-bond donors (Lipinski definition) is 1. The van der Waals surface area contributed by atoms with Gasteiger partial charge >= 0.3 is 0 Å². The summed E-state index contributed by atoms with van der Waals surface area (Å²) in [5.74, 6) is 0.0492. The van der Waals surface area contributed by atoms with Crippen LogP contribution in [0.4, 0.5) is 4.39 Å². The number of benzene rings is 2. The average molecular weight is 336 g/mol. The van der Waals surface area contributed by atoms with Crippen molar-refractivity contribution < 1.29 is 13.9 Å². The Balaban J connectivity index is 1.97. The van der Waals surface area contributed by atoms with Crippen LogP contribution >= 0.6 is 11.6 Å². The van der Waals surface area contributed by atoms with Crippen molar-refractivity contribution >= 4 is 17.5 Å². The van der Waals surface area contributed by atoms with E-state index in [1.807, 2.05) is 0 Å².